The van der Waals surface area contributed by atoms with Crippen LogP contribution in [0.25, 0.3) is 0 Å². The molecule has 0 spiro atoms. The molecule has 2 heterocycles. The van der Waals surface area contributed by atoms with Gasteiger partial charge in [-0.1, -0.05) is 18.9 Å². The van der Waals surface area contributed by atoms with Crippen LogP contribution >= 0.6 is 24.8 Å². The second-order valence-corrected chi connectivity index (χ2v) is 11.8. The molecule has 6 nitrogen and oxygen atoms in total. The molecule has 0 amide bonds. The molecule has 8 heteroatoms. The molecule has 0 bridgehead atoms. The van der Waals surface area contributed by atoms with Crippen molar-refractivity contribution >= 4 is 36.8 Å². The number of esters is 2. The lowest BCUT2D eigenvalue weighted by Crippen LogP contribution is -2.32. The molecule has 5 rings (SSSR count). The molecule has 1 aromatic carbocycles. The molecular formula is C30H46Cl2N2O4. The van der Waals surface area contributed by atoms with Gasteiger partial charge in [-0.3, -0.25) is 0 Å². The maximum Gasteiger partial charge on any atom is 0.338 e. The predicted molar refractivity (Wildman–Crippen MR) is 155 cm³/mol. The Morgan fingerprint density at radius 2 is 1.21 bits per heavy atom. The Morgan fingerprint density at radius 1 is 0.763 bits per heavy atom. The van der Waals surface area contributed by atoms with Gasteiger partial charge in [0.15, 0.2) is 0 Å². The normalized spacial score (nSPS) is 30.3. The first kappa shape index (κ1) is 31.2. The summed E-state index contributed by atoms with van der Waals surface area (Å²) < 4.78 is 11.1. The third-order valence-electron chi connectivity index (χ3n) is 9.75. The highest BCUT2D eigenvalue weighted by Gasteiger charge is 2.41. The summed E-state index contributed by atoms with van der Waals surface area (Å²) in [5.41, 5.74) is 0.826. The number of hydrogen-bond acceptors (Lipinski definition) is 6. The first-order valence-corrected chi connectivity index (χ1v) is 14.4. The summed E-state index contributed by atoms with van der Waals surface area (Å²) in [4.78, 5) is 30.3. The number of rotatable bonds is 10. The molecular weight excluding hydrogens is 523 g/mol. The summed E-state index contributed by atoms with van der Waals surface area (Å²) in [5.74, 6) is 1.01. The van der Waals surface area contributed by atoms with E-state index in [0.29, 0.717) is 36.4 Å². The summed E-state index contributed by atoms with van der Waals surface area (Å²) in [6, 6.07) is 9.51. The fourth-order valence-electron chi connectivity index (χ4n) is 7.78. The van der Waals surface area contributed by atoms with Crippen molar-refractivity contribution in [2.45, 2.75) is 101 Å². The van der Waals surface area contributed by atoms with Crippen LogP contribution in [-0.4, -0.2) is 73.2 Å². The van der Waals surface area contributed by atoms with Crippen LogP contribution < -0.4 is 0 Å². The summed E-state index contributed by atoms with van der Waals surface area (Å²) >= 11 is 0. The SMILES string of the molecule is CN1C(CCCOC(=O)c2cccc(C(=O)OCCC[C@@H]3C[C@@H]4CCC[C@@H]4N3C)c2)CC2CCCC21.Cl.Cl. The number of nitrogens with zero attached hydrogens (tertiary/aromatic N) is 2. The van der Waals surface area contributed by atoms with E-state index in [0.717, 1.165) is 49.6 Å². The van der Waals surface area contributed by atoms with Gasteiger partial charge >= 0.3 is 11.9 Å². The standard InChI is InChI=1S/C30H44N2O4.2ClH/c1-31-25(19-21-8-4-14-27(21)31)12-6-16-35-29(33)23-10-3-11-24(18-23)30(34)36-17-7-13-26-20-22-9-5-15-28(22)32(26)2;;/h3,10-11,18,21-22,25-28H,4-9,12-17,19-20H2,1-2H3;2*1H/t21-,22?,25+,26?,27-,28?;;/m0../s1. The van der Waals surface area contributed by atoms with E-state index in [4.69, 9.17) is 9.47 Å². The van der Waals surface area contributed by atoms with Crippen LogP contribution in [0.5, 0.6) is 0 Å². The van der Waals surface area contributed by atoms with Gasteiger partial charge in [-0.05, 0) is 108 Å². The van der Waals surface area contributed by atoms with Crippen LogP contribution in [0.4, 0.5) is 0 Å². The Balaban J connectivity index is 0.00000200. The third kappa shape index (κ3) is 7.04. The van der Waals surface area contributed by atoms with Gasteiger partial charge in [-0.15, -0.1) is 24.8 Å². The highest BCUT2D eigenvalue weighted by molar-refractivity contribution is 5.95. The zero-order valence-electron chi connectivity index (χ0n) is 23.0. The second-order valence-electron chi connectivity index (χ2n) is 11.8. The zero-order chi connectivity index (χ0) is 25.1. The van der Waals surface area contributed by atoms with Crippen molar-refractivity contribution in [3.05, 3.63) is 35.4 Å². The van der Waals surface area contributed by atoms with Crippen LogP contribution in [0.2, 0.25) is 0 Å². The lowest BCUT2D eigenvalue weighted by molar-refractivity contribution is 0.0488. The Morgan fingerprint density at radius 3 is 1.63 bits per heavy atom. The minimum absolute atomic E-state index is 0. The Kier molecular flexibility index (Phi) is 11.8. The number of carbonyl (C=O) groups is 2. The highest BCUT2D eigenvalue weighted by atomic mass is 35.5. The highest BCUT2D eigenvalue weighted by Crippen LogP contribution is 2.42. The lowest BCUT2D eigenvalue weighted by Gasteiger charge is -2.24. The lowest BCUT2D eigenvalue weighted by atomic mass is 10.00. The molecule has 0 aromatic heterocycles. The van der Waals surface area contributed by atoms with E-state index in [1.807, 2.05) is 0 Å². The number of ether oxygens (including phenoxy) is 2. The van der Waals surface area contributed by atoms with Crippen molar-refractivity contribution in [1.29, 1.82) is 0 Å². The quantitative estimate of drug-likeness (QED) is 0.249. The third-order valence-corrected chi connectivity index (χ3v) is 9.75. The summed E-state index contributed by atoms with van der Waals surface area (Å²) in [6.07, 6.45) is 14.6. The predicted octanol–water partition coefficient (Wildman–Crippen LogP) is 6.15. The van der Waals surface area contributed by atoms with Crippen LogP contribution in [-0.2, 0) is 9.47 Å². The van der Waals surface area contributed by atoms with Gasteiger partial charge in [0, 0.05) is 24.2 Å². The number of likely N-dealkylation sites (tertiary alicyclic amines) is 2. The molecule has 214 valence electrons. The average molecular weight is 570 g/mol. The molecule has 2 aliphatic heterocycles. The summed E-state index contributed by atoms with van der Waals surface area (Å²) in [7, 11) is 4.52. The van der Waals surface area contributed by atoms with Crippen LogP contribution in [0, 0.1) is 11.8 Å². The molecule has 0 radical (unpaired) electrons. The second kappa shape index (κ2) is 14.3. The van der Waals surface area contributed by atoms with E-state index in [9.17, 15) is 9.59 Å². The van der Waals surface area contributed by atoms with E-state index in [1.165, 1.54) is 51.4 Å². The number of halogens is 2. The topological polar surface area (TPSA) is 59.1 Å². The Bertz CT molecular complexity index is 862. The van der Waals surface area contributed by atoms with Crippen LogP contribution in [0.1, 0.15) is 97.8 Å². The smallest absolute Gasteiger partial charge is 0.338 e. The molecule has 38 heavy (non-hydrogen) atoms. The minimum Gasteiger partial charge on any atom is -0.462 e. The molecule has 1 aromatic rings. The number of fused-ring (bicyclic) bond motifs is 2. The van der Waals surface area contributed by atoms with Crippen molar-refractivity contribution in [1.82, 2.24) is 9.80 Å². The molecule has 2 saturated heterocycles. The fourth-order valence-corrected chi connectivity index (χ4v) is 7.78. The van der Waals surface area contributed by atoms with E-state index in [1.54, 1.807) is 24.3 Å². The van der Waals surface area contributed by atoms with Crippen molar-refractivity contribution in [2.24, 2.45) is 11.8 Å². The first-order valence-electron chi connectivity index (χ1n) is 14.4. The molecule has 4 fully saturated rings. The fraction of sp³-hybridized carbons (Fsp3) is 0.733. The van der Waals surface area contributed by atoms with Crippen molar-refractivity contribution < 1.29 is 19.1 Å². The van der Waals surface area contributed by atoms with E-state index < -0.39 is 0 Å². The average Bonchev–Trinajstić information content (AvgIpc) is 3.65. The maximum absolute atomic E-state index is 12.6. The number of carbonyl (C=O) groups excluding carboxylic acids is 2. The molecule has 2 saturated carbocycles. The van der Waals surface area contributed by atoms with Crippen molar-refractivity contribution in [3.8, 4) is 0 Å². The van der Waals surface area contributed by atoms with Gasteiger partial charge in [0.25, 0.3) is 0 Å². The van der Waals surface area contributed by atoms with E-state index in [2.05, 4.69) is 23.9 Å². The number of benzene rings is 1. The van der Waals surface area contributed by atoms with Gasteiger partial charge in [0.1, 0.15) is 0 Å². The molecule has 3 unspecified atom stereocenters. The Hall–Kier alpha value is -1.34. The zero-order valence-corrected chi connectivity index (χ0v) is 24.6. The van der Waals surface area contributed by atoms with Gasteiger partial charge in [-0.25, -0.2) is 9.59 Å². The summed E-state index contributed by atoms with van der Waals surface area (Å²) in [5, 5.41) is 0. The van der Waals surface area contributed by atoms with E-state index >= 15 is 0 Å². The monoisotopic (exact) mass is 568 g/mol. The maximum atomic E-state index is 12.6. The van der Waals surface area contributed by atoms with Gasteiger partial charge < -0.3 is 19.3 Å². The largest absolute Gasteiger partial charge is 0.462 e. The van der Waals surface area contributed by atoms with E-state index in [-0.39, 0.29) is 36.8 Å². The van der Waals surface area contributed by atoms with Gasteiger partial charge in [0.05, 0.1) is 24.3 Å². The van der Waals surface area contributed by atoms with Crippen molar-refractivity contribution in [2.75, 3.05) is 27.3 Å². The van der Waals surface area contributed by atoms with Crippen molar-refractivity contribution in [3.63, 3.8) is 0 Å². The minimum atomic E-state index is -0.365. The van der Waals surface area contributed by atoms with Gasteiger partial charge in [0.2, 0.25) is 0 Å². The van der Waals surface area contributed by atoms with Crippen LogP contribution in [0.15, 0.2) is 24.3 Å². The summed E-state index contributed by atoms with van der Waals surface area (Å²) in [6.45, 7) is 0.842. The Labute approximate surface area is 241 Å². The molecule has 0 N–H and O–H groups in total. The van der Waals surface area contributed by atoms with Gasteiger partial charge in [-0.2, -0.15) is 0 Å². The number of hydrogen-bond donors (Lipinski definition) is 0. The first-order chi connectivity index (χ1) is 17.5. The van der Waals surface area contributed by atoms with Crippen LogP contribution in [0.3, 0.4) is 0 Å². The molecule has 2 aliphatic carbocycles. The molecule has 6 atom stereocenters. The molecule has 4 aliphatic rings.